The number of imide groups is 1. The standard InChI is InChI=1S/C36H36N4O4/c41-33(26-18-20-37-21-19-26)38-23-30(28-16-15-25-10-4-5-11-27(25)22-28)35(43)40-34(42)29(17-14-24-8-2-1-3-9-24)36-39-31-12-6-7-13-32(31)44-36/h1-13,15-16,22,26,29-30,37H,14,17-21,23H2,(H,38,41)(H,40,42,43). The highest BCUT2D eigenvalue weighted by molar-refractivity contribution is 6.01. The molecule has 0 bridgehead atoms. The number of oxazole rings is 1. The summed E-state index contributed by atoms with van der Waals surface area (Å²) in [6.07, 6.45) is 2.52. The first kappa shape index (κ1) is 29.3. The van der Waals surface area contributed by atoms with Crippen LogP contribution >= 0.6 is 0 Å². The molecule has 1 aromatic heterocycles. The molecule has 1 saturated heterocycles. The number of nitrogens with zero attached hydrogens (tertiary/aromatic N) is 1. The van der Waals surface area contributed by atoms with E-state index in [0.717, 1.165) is 47.8 Å². The van der Waals surface area contributed by atoms with Crippen LogP contribution in [-0.4, -0.2) is 42.3 Å². The van der Waals surface area contributed by atoms with Crippen LogP contribution in [0.2, 0.25) is 0 Å². The van der Waals surface area contributed by atoms with Crippen molar-refractivity contribution in [2.45, 2.75) is 37.5 Å². The van der Waals surface area contributed by atoms with Crippen molar-refractivity contribution in [2.24, 2.45) is 5.92 Å². The number of aromatic nitrogens is 1. The number of carbonyl (C=O) groups excluding carboxylic acids is 3. The van der Waals surface area contributed by atoms with Crippen LogP contribution in [0.5, 0.6) is 0 Å². The van der Waals surface area contributed by atoms with Crippen LogP contribution in [0, 0.1) is 5.92 Å². The van der Waals surface area contributed by atoms with Gasteiger partial charge in [0.2, 0.25) is 23.6 Å². The van der Waals surface area contributed by atoms with Crippen molar-refractivity contribution < 1.29 is 18.8 Å². The fourth-order valence-electron chi connectivity index (χ4n) is 5.87. The van der Waals surface area contributed by atoms with Crippen molar-refractivity contribution in [1.29, 1.82) is 0 Å². The molecule has 8 nitrogen and oxygen atoms in total. The summed E-state index contributed by atoms with van der Waals surface area (Å²) in [7, 11) is 0. The van der Waals surface area contributed by atoms with Crippen molar-refractivity contribution in [3.05, 3.63) is 114 Å². The van der Waals surface area contributed by atoms with E-state index >= 15 is 0 Å². The van der Waals surface area contributed by atoms with E-state index in [2.05, 4.69) is 20.9 Å². The van der Waals surface area contributed by atoms with Crippen LogP contribution < -0.4 is 16.0 Å². The van der Waals surface area contributed by atoms with Crippen LogP contribution in [0.4, 0.5) is 0 Å². The van der Waals surface area contributed by atoms with Gasteiger partial charge in [-0.25, -0.2) is 4.98 Å². The third-order valence-corrected chi connectivity index (χ3v) is 8.42. The Balaban J connectivity index is 1.25. The minimum Gasteiger partial charge on any atom is -0.440 e. The molecular formula is C36H36N4O4. The van der Waals surface area contributed by atoms with Gasteiger partial charge in [-0.05, 0) is 72.8 Å². The monoisotopic (exact) mass is 588 g/mol. The van der Waals surface area contributed by atoms with Gasteiger partial charge in [-0.1, -0.05) is 84.9 Å². The molecule has 0 saturated carbocycles. The van der Waals surface area contributed by atoms with Crippen molar-refractivity contribution >= 4 is 39.6 Å². The van der Waals surface area contributed by atoms with Crippen LogP contribution in [0.15, 0.2) is 101 Å². The van der Waals surface area contributed by atoms with E-state index in [-0.39, 0.29) is 24.3 Å². The predicted octanol–water partition coefficient (Wildman–Crippen LogP) is 5.24. The molecule has 5 aromatic rings. The van der Waals surface area contributed by atoms with Gasteiger partial charge in [0.05, 0.1) is 5.92 Å². The SMILES string of the molecule is O=C(NCC(C(=O)NC(=O)C(CCc1ccccc1)c1nc2ccccc2o1)c1ccc2ccccc2c1)C1CCNCC1. The lowest BCUT2D eigenvalue weighted by atomic mass is 9.93. The van der Waals surface area contributed by atoms with E-state index in [1.54, 1.807) is 0 Å². The molecule has 3 N–H and O–H groups in total. The lowest BCUT2D eigenvalue weighted by molar-refractivity contribution is -0.132. The Bertz CT molecular complexity index is 1730. The molecule has 6 rings (SSSR count). The molecule has 0 radical (unpaired) electrons. The maximum absolute atomic E-state index is 13.9. The smallest absolute Gasteiger partial charge is 0.239 e. The number of nitrogens with one attached hydrogen (secondary N) is 3. The molecule has 0 spiro atoms. The molecule has 0 aliphatic carbocycles. The molecule has 2 unspecified atom stereocenters. The summed E-state index contributed by atoms with van der Waals surface area (Å²) in [5, 5.41) is 11.0. The Kier molecular flexibility index (Phi) is 9.08. The Morgan fingerprint density at radius 1 is 0.818 bits per heavy atom. The molecule has 44 heavy (non-hydrogen) atoms. The normalized spacial score (nSPS) is 15.1. The molecule has 4 aromatic carbocycles. The first-order valence-corrected chi connectivity index (χ1v) is 15.3. The Morgan fingerprint density at radius 3 is 2.32 bits per heavy atom. The van der Waals surface area contributed by atoms with Gasteiger partial charge in [0, 0.05) is 12.5 Å². The summed E-state index contributed by atoms with van der Waals surface area (Å²) in [5.41, 5.74) is 3.03. The van der Waals surface area contributed by atoms with Gasteiger partial charge in [-0.3, -0.25) is 19.7 Å². The maximum atomic E-state index is 13.9. The Morgan fingerprint density at radius 2 is 1.52 bits per heavy atom. The third kappa shape index (κ3) is 6.87. The highest BCUT2D eigenvalue weighted by atomic mass is 16.3. The first-order chi connectivity index (χ1) is 21.5. The van der Waals surface area contributed by atoms with Gasteiger partial charge in [0.15, 0.2) is 5.58 Å². The number of rotatable bonds is 10. The fourth-order valence-corrected chi connectivity index (χ4v) is 5.87. The third-order valence-electron chi connectivity index (χ3n) is 8.42. The molecule has 2 heterocycles. The molecule has 8 heteroatoms. The summed E-state index contributed by atoms with van der Waals surface area (Å²) < 4.78 is 6.02. The van der Waals surface area contributed by atoms with E-state index in [4.69, 9.17) is 4.42 Å². The molecular weight excluding hydrogens is 552 g/mol. The minimum absolute atomic E-state index is 0.0661. The molecule has 1 fully saturated rings. The second-order valence-corrected chi connectivity index (χ2v) is 11.4. The highest BCUT2D eigenvalue weighted by Gasteiger charge is 2.31. The van der Waals surface area contributed by atoms with Crippen LogP contribution in [0.25, 0.3) is 21.9 Å². The number of piperidine rings is 1. The number of carbonyl (C=O) groups is 3. The number of fused-ring (bicyclic) bond motifs is 2. The summed E-state index contributed by atoms with van der Waals surface area (Å²) in [6.45, 7) is 1.67. The van der Waals surface area contributed by atoms with Crippen molar-refractivity contribution in [3.8, 4) is 0 Å². The number of para-hydroxylation sites is 2. The second-order valence-electron chi connectivity index (χ2n) is 11.4. The largest absolute Gasteiger partial charge is 0.440 e. The number of hydrogen-bond donors (Lipinski definition) is 3. The zero-order valence-electron chi connectivity index (χ0n) is 24.5. The Labute approximate surface area is 256 Å². The summed E-state index contributed by atoms with van der Waals surface area (Å²) in [5.74, 6) is -2.40. The van der Waals surface area contributed by atoms with Crippen LogP contribution in [0.1, 0.15) is 48.1 Å². The van der Waals surface area contributed by atoms with Crippen molar-refractivity contribution in [2.75, 3.05) is 19.6 Å². The number of amides is 3. The van der Waals surface area contributed by atoms with Gasteiger partial charge < -0.3 is 15.1 Å². The van der Waals surface area contributed by atoms with Gasteiger partial charge in [0.1, 0.15) is 11.4 Å². The number of hydrogen-bond acceptors (Lipinski definition) is 6. The number of aryl methyl sites for hydroxylation is 1. The van der Waals surface area contributed by atoms with Crippen LogP contribution in [-0.2, 0) is 20.8 Å². The molecule has 2 atom stereocenters. The zero-order valence-corrected chi connectivity index (χ0v) is 24.5. The van der Waals surface area contributed by atoms with E-state index < -0.39 is 23.7 Å². The Hall–Kier alpha value is -4.82. The lowest BCUT2D eigenvalue weighted by Gasteiger charge is -2.24. The van der Waals surface area contributed by atoms with E-state index in [9.17, 15) is 14.4 Å². The molecule has 3 amide bonds. The van der Waals surface area contributed by atoms with Gasteiger partial charge >= 0.3 is 0 Å². The summed E-state index contributed by atoms with van der Waals surface area (Å²) in [4.78, 5) is 45.4. The van der Waals surface area contributed by atoms with E-state index in [1.807, 2.05) is 97.1 Å². The van der Waals surface area contributed by atoms with Crippen molar-refractivity contribution in [1.82, 2.24) is 20.9 Å². The van der Waals surface area contributed by atoms with Gasteiger partial charge in [0.25, 0.3) is 0 Å². The first-order valence-electron chi connectivity index (χ1n) is 15.3. The van der Waals surface area contributed by atoms with Gasteiger partial charge in [-0.2, -0.15) is 0 Å². The highest BCUT2D eigenvalue weighted by Crippen LogP contribution is 2.27. The molecule has 224 valence electrons. The second kappa shape index (κ2) is 13.7. The number of benzene rings is 4. The average molecular weight is 589 g/mol. The van der Waals surface area contributed by atoms with Crippen LogP contribution in [0.3, 0.4) is 0 Å². The topological polar surface area (TPSA) is 113 Å². The molecule has 1 aliphatic heterocycles. The minimum atomic E-state index is -0.784. The summed E-state index contributed by atoms with van der Waals surface area (Å²) >= 11 is 0. The van der Waals surface area contributed by atoms with E-state index in [0.29, 0.717) is 23.9 Å². The maximum Gasteiger partial charge on any atom is 0.239 e. The van der Waals surface area contributed by atoms with Crippen molar-refractivity contribution in [3.63, 3.8) is 0 Å². The van der Waals surface area contributed by atoms with E-state index in [1.165, 1.54) is 0 Å². The van der Waals surface area contributed by atoms with Gasteiger partial charge in [-0.15, -0.1) is 0 Å². The predicted molar refractivity (Wildman–Crippen MR) is 170 cm³/mol. The zero-order chi connectivity index (χ0) is 30.3. The average Bonchev–Trinajstić information content (AvgIpc) is 3.49. The lowest BCUT2D eigenvalue weighted by Crippen LogP contribution is -2.44. The quantitative estimate of drug-likeness (QED) is 0.206. The fraction of sp³-hybridized carbons (Fsp3) is 0.278. The summed E-state index contributed by atoms with van der Waals surface area (Å²) in [6, 6.07) is 30.9. The molecule has 1 aliphatic rings.